The fraction of sp³-hybridized carbons (Fsp3) is 0.500. The molecule has 1 nitrogen and oxygen atoms in total. The fourth-order valence-corrected chi connectivity index (χ4v) is 1.98. The zero-order valence-electron chi connectivity index (χ0n) is 8.30. The van der Waals surface area contributed by atoms with E-state index >= 15 is 0 Å². The van der Waals surface area contributed by atoms with Gasteiger partial charge in [-0.1, -0.05) is 30.2 Å². The highest BCUT2D eigenvalue weighted by molar-refractivity contribution is 6.30. The van der Waals surface area contributed by atoms with Crippen molar-refractivity contribution in [3.63, 3.8) is 0 Å². The number of hydrogen-bond donors (Lipinski definition) is 1. The van der Waals surface area contributed by atoms with E-state index in [4.69, 9.17) is 11.6 Å². The molecule has 0 aliphatic heterocycles. The first kappa shape index (κ1) is 10.0. The lowest BCUT2D eigenvalue weighted by Crippen LogP contribution is -2.26. The van der Waals surface area contributed by atoms with E-state index in [1.807, 2.05) is 18.2 Å². The third kappa shape index (κ3) is 2.73. The lowest BCUT2D eigenvalue weighted by Gasteiger charge is -2.25. The van der Waals surface area contributed by atoms with Gasteiger partial charge >= 0.3 is 0 Å². The zero-order valence-corrected chi connectivity index (χ0v) is 9.06. The highest BCUT2D eigenvalue weighted by Crippen LogP contribution is 2.25. The van der Waals surface area contributed by atoms with Crippen molar-refractivity contribution in [2.75, 3.05) is 6.54 Å². The monoisotopic (exact) mass is 209 g/mol. The van der Waals surface area contributed by atoms with Crippen LogP contribution in [-0.2, 0) is 6.54 Å². The molecule has 76 valence electrons. The molecule has 0 bridgehead atoms. The van der Waals surface area contributed by atoms with E-state index < -0.39 is 0 Å². The molecule has 1 saturated carbocycles. The lowest BCUT2D eigenvalue weighted by molar-refractivity contribution is 0.301. The van der Waals surface area contributed by atoms with Crippen molar-refractivity contribution in [2.24, 2.45) is 5.92 Å². The van der Waals surface area contributed by atoms with Gasteiger partial charge in [-0.3, -0.25) is 0 Å². The molecule has 1 aromatic carbocycles. The van der Waals surface area contributed by atoms with Crippen molar-refractivity contribution in [1.82, 2.24) is 5.32 Å². The van der Waals surface area contributed by atoms with Crippen LogP contribution >= 0.6 is 11.6 Å². The molecule has 0 atom stereocenters. The summed E-state index contributed by atoms with van der Waals surface area (Å²) in [5.41, 5.74) is 1.27. The van der Waals surface area contributed by atoms with E-state index in [9.17, 15) is 0 Å². The molecule has 1 fully saturated rings. The van der Waals surface area contributed by atoms with Crippen molar-refractivity contribution < 1.29 is 0 Å². The molecule has 0 unspecified atom stereocenters. The number of benzene rings is 1. The molecule has 1 aliphatic rings. The number of hydrogen-bond acceptors (Lipinski definition) is 1. The average molecular weight is 210 g/mol. The van der Waals surface area contributed by atoms with Crippen molar-refractivity contribution >= 4 is 11.6 Å². The maximum absolute atomic E-state index is 5.90. The number of nitrogens with one attached hydrogen (secondary N) is 1. The third-order valence-corrected chi connectivity index (χ3v) is 3.11. The Morgan fingerprint density at radius 3 is 2.86 bits per heavy atom. The molecular formula is C12H16ClN. The van der Waals surface area contributed by atoms with Gasteiger partial charge in [0.05, 0.1) is 0 Å². The minimum absolute atomic E-state index is 0.827. The highest BCUT2D eigenvalue weighted by atomic mass is 35.5. The Balaban J connectivity index is 1.74. The fourth-order valence-electron chi connectivity index (χ4n) is 1.76. The number of halogens is 1. The van der Waals surface area contributed by atoms with Crippen molar-refractivity contribution in [3.8, 4) is 0 Å². The summed E-state index contributed by atoms with van der Waals surface area (Å²) in [5, 5.41) is 4.30. The van der Waals surface area contributed by atoms with Crippen LogP contribution in [0.2, 0.25) is 5.02 Å². The summed E-state index contributed by atoms with van der Waals surface area (Å²) in [5.74, 6) is 0.925. The van der Waals surface area contributed by atoms with Crippen LogP contribution in [0.3, 0.4) is 0 Å². The maximum Gasteiger partial charge on any atom is 0.0409 e. The summed E-state index contributed by atoms with van der Waals surface area (Å²) < 4.78 is 0. The van der Waals surface area contributed by atoms with Gasteiger partial charge in [-0.2, -0.15) is 0 Å². The molecule has 0 radical (unpaired) electrons. The van der Waals surface area contributed by atoms with Gasteiger partial charge in [-0.25, -0.2) is 0 Å². The van der Waals surface area contributed by atoms with Crippen molar-refractivity contribution in [2.45, 2.75) is 25.8 Å². The molecule has 0 spiro atoms. The van der Waals surface area contributed by atoms with Crippen LogP contribution < -0.4 is 5.32 Å². The van der Waals surface area contributed by atoms with Crippen molar-refractivity contribution in [1.29, 1.82) is 0 Å². The van der Waals surface area contributed by atoms with Crippen LogP contribution in [0.15, 0.2) is 24.3 Å². The molecule has 0 aromatic heterocycles. The van der Waals surface area contributed by atoms with Crippen molar-refractivity contribution in [3.05, 3.63) is 34.9 Å². The third-order valence-electron chi connectivity index (χ3n) is 2.88. The van der Waals surface area contributed by atoms with Crippen LogP contribution in [0.1, 0.15) is 24.8 Å². The lowest BCUT2D eigenvalue weighted by atomic mass is 9.85. The molecule has 2 heteroatoms. The Morgan fingerprint density at radius 2 is 2.21 bits per heavy atom. The van der Waals surface area contributed by atoms with Crippen LogP contribution in [0.25, 0.3) is 0 Å². The Bertz CT molecular complexity index is 294. The molecule has 1 aromatic rings. The second-order valence-corrected chi connectivity index (χ2v) is 4.49. The normalized spacial score (nSPS) is 16.6. The summed E-state index contributed by atoms with van der Waals surface area (Å²) in [7, 11) is 0. The minimum Gasteiger partial charge on any atom is -0.312 e. The summed E-state index contributed by atoms with van der Waals surface area (Å²) in [6.07, 6.45) is 4.23. The smallest absolute Gasteiger partial charge is 0.0409 e. The first-order valence-electron chi connectivity index (χ1n) is 5.30. The summed E-state index contributed by atoms with van der Waals surface area (Å²) >= 11 is 5.90. The first-order valence-corrected chi connectivity index (χ1v) is 5.67. The van der Waals surface area contributed by atoms with Crippen LogP contribution in [0.4, 0.5) is 0 Å². The van der Waals surface area contributed by atoms with E-state index in [1.165, 1.54) is 24.8 Å². The Kier molecular flexibility index (Phi) is 3.44. The van der Waals surface area contributed by atoms with Crippen LogP contribution in [0, 0.1) is 5.92 Å². The molecule has 0 heterocycles. The van der Waals surface area contributed by atoms with E-state index in [1.54, 1.807) is 0 Å². The SMILES string of the molecule is Clc1cccc(CNCC2CCC2)c1. The molecule has 0 amide bonds. The first-order chi connectivity index (χ1) is 6.84. The van der Waals surface area contributed by atoms with Gasteiger partial charge in [-0.15, -0.1) is 0 Å². The topological polar surface area (TPSA) is 12.0 Å². The maximum atomic E-state index is 5.90. The quantitative estimate of drug-likeness (QED) is 0.803. The second-order valence-electron chi connectivity index (χ2n) is 4.06. The van der Waals surface area contributed by atoms with Gasteiger partial charge in [0.15, 0.2) is 0 Å². The van der Waals surface area contributed by atoms with Gasteiger partial charge < -0.3 is 5.32 Å². The summed E-state index contributed by atoms with van der Waals surface area (Å²) in [6, 6.07) is 8.05. The van der Waals surface area contributed by atoms with Crippen LogP contribution in [-0.4, -0.2) is 6.54 Å². The summed E-state index contributed by atoms with van der Waals surface area (Å²) in [4.78, 5) is 0. The van der Waals surface area contributed by atoms with Crippen LogP contribution in [0.5, 0.6) is 0 Å². The van der Waals surface area contributed by atoms with Gasteiger partial charge in [0.1, 0.15) is 0 Å². The largest absolute Gasteiger partial charge is 0.312 e. The van der Waals surface area contributed by atoms with E-state index in [0.29, 0.717) is 0 Å². The predicted molar refractivity (Wildman–Crippen MR) is 60.5 cm³/mol. The van der Waals surface area contributed by atoms with Gasteiger partial charge in [0.2, 0.25) is 0 Å². The minimum atomic E-state index is 0.827. The average Bonchev–Trinajstić information content (AvgIpc) is 2.09. The Labute approximate surface area is 90.5 Å². The Hall–Kier alpha value is -0.530. The second kappa shape index (κ2) is 4.81. The highest BCUT2D eigenvalue weighted by Gasteiger charge is 2.16. The molecule has 2 rings (SSSR count). The zero-order chi connectivity index (χ0) is 9.80. The number of rotatable bonds is 4. The molecule has 1 aliphatic carbocycles. The van der Waals surface area contributed by atoms with E-state index in [0.717, 1.165) is 24.0 Å². The molecular weight excluding hydrogens is 194 g/mol. The molecule has 0 saturated heterocycles. The van der Waals surface area contributed by atoms with E-state index in [-0.39, 0.29) is 0 Å². The Morgan fingerprint density at radius 1 is 1.36 bits per heavy atom. The van der Waals surface area contributed by atoms with Gasteiger partial charge in [-0.05, 0) is 43.0 Å². The van der Waals surface area contributed by atoms with Gasteiger partial charge in [0, 0.05) is 11.6 Å². The molecule has 14 heavy (non-hydrogen) atoms. The van der Waals surface area contributed by atoms with Gasteiger partial charge in [0.25, 0.3) is 0 Å². The predicted octanol–water partition coefficient (Wildman–Crippen LogP) is 3.23. The summed E-state index contributed by atoms with van der Waals surface area (Å²) in [6.45, 7) is 2.10. The molecule has 1 N–H and O–H groups in total. The standard InChI is InChI=1S/C12H16ClN/c13-12-6-2-5-11(7-12)9-14-8-10-3-1-4-10/h2,5-7,10,14H,1,3-4,8-9H2. The van der Waals surface area contributed by atoms with E-state index in [2.05, 4.69) is 11.4 Å².